The van der Waals surface area contributed by atoms with Crippen molar-refractivity contribution in [1.82, 2.24) is 15.1 Å². The monoisotopic (exact) mass is 225 g/mol. The molecule has 6 heteroatoms. The van der Waals surface area contributed by atoms with Crippen LogP contribution in [0.15, 0.2) is 15.4 Å². The highest BCUT2D eigenvalue weighted by Crippen LogP contribution is 2.15. The van der Waals surface area contributed by atoms with Crippen LogP contribution >= 0.6 is 11.3 Å². The van der Waals surface area contributed by atoms with Crippen LogP contribution in [-0.4, -0.2) is 26.3 Å². The molecule has 0 radical (unpaired) electrons. The van der Waals surface area contributed by atoms with Gasteiger partial charge in [0.05, 0.1) is 11.6 Å². The Bertz CT molecular complexity index is 411. The van der Waals surface area contributed by atoms with E-state index >= 15 is 0 Å². The van der Waals surface area contributed by atoms with Crippen molar-refractivity contribution in [1.29, 1.82) is 0 Å². The fourth-order valence-corrected chi connectivity index (χ4v) is 1.65. The molecule has 2 aromatic heterocycles. The van der Waals surface area contributed by atoms with E-state index in [1.165, 1.54) is 11.3 Å². The van der Waals surface area contributed by atoms with Gasteiger partial charge in [0, 0.05) is 11.8 Å². The Balaban J connectivity index is 2.04. The summed E-state index contributed by atoms with van der Waals surface area (Å²) in [4.78, 5) is 8.26. The predicted octanol–water partition coefficient (Wildman–Crippen LogP) is 1.51. The van der Waals surface area contributed by atoms with Gasteiger partial charge in [0.2, 0.25) is 11.7 Å². The van der Waals surface area contributed by atoms with Crippen molar-refractivity contribution in [3.8, 4) is 11.5 Å². The average molecular weight is 225 g/mol. The van der Waals surface area contributed by atoms with Gasteiger partial charge in [-0.3, -0.25) is 0 Å². The van der Waals surface area contributed by atoms with Crippen LogP contribution in [0.5, 0.6) is 0 Å². The summed E-state index contributed by atoms with van der Waals surface area (Å²) in [5.41, 5.74) is 2.45. The number of rotatable bonds is 4. The average Bonchev–Trinajstić information content (AvgIpc) is 2.85. The highest BCUT2D eigenvalue weighted by atomic mass is 32.1. The fourth-order valence-electron chi connectivity index (χ4n) is 1.12. The third kappa shape index (κ3) is 2.60. The molecule has 2 heterocycles. The van der Waals surface area contributed by atoms with E-state index in [4.69, 9.17) is 9.63 Å². The molecular formula is C9H11N3O2S. The Morgan fingerprint density at radius 2 is 2.47 bits per heavy atom. The van der Waals surface area contributed by atoms with E-state index in [9.17, 15) is 0 Å². The zero-order valence-corrected chi connectivity index (χ0v) is 9.07. The second kappa shape index (κ2) is 4.50. The van der Waals surface area contributed by atoms with Crippen LogP contribution in [-0.2, 0) is 6.42 Å². The molecule has 0 spiro atoms. The number of aliphatic hydroxyl groups is 1. The largest absolute Gasteiger partial charge is 0.393 e. The molecule has 0 saturated carbocycles. The molecule has 0 aliphatic carbocycles. The first-order valence-electron chi connectivity index (χ1n) is 4.65. The first kappa shape index (κ1) is 10.3. The Morgan fingerprint density at radius 1 is 1.60 bits per heavy atom. The molecule has 0 aromatic carbocycles. The molecule has 80 valence electrons. The molecule has 0 bridgehead atoms. The summed E-state index contributed by atoms with van der Waals surface area (Å²) in [6.45, 7) is 1.73. The molecule has 0 amide bonds. The standard InChI is InChI=1S/C9H11N3O2S/c1-6(13)2-3-8-11-9(12-14-8)7-4-15-5-10-7/h4-6,13H,2-3H2,1H3. The maximum Gasteiger partial charge on any atom is 0.227 e. The number of nitrogens with zero attached hydrogens (tertiary/aromatic N) is 3. The highest BCUT2D eigenvalue weighted by molar-refractivity contribution is 7.07. The Kier molecular flexibility index (Phi) is 3.08. The minimum Gasteiger partial charge on any atom is -0.393 e. The summed E-state index contributed by atoms with van der Waals surface area (Å²) in [5.74, 6) is 1.05. The lowest BCUT2D eigenvalue weighted by Gasteiger charge is -1.97. The normalized spacial score (nSPS) is 12.9. The van der Waals surface area contributed by atoms with Gasteiger partial charge in [0.1, 0.15) is 5.69 Å². The first-order chi connectivity index (χ1) is 7.25. The van der Waals surface area contributed by atoms with Gasteiger partial charge >= 0.3 is 0 Å². The number of thiazole rings is 1. The maximum atomic E-state index is 9.10. The predicted molar refractivity (Wildman–Crippen MR) is 55.4 cm³/mol. The summed E-state index contributed by atoms with van der Waals surface area (Å²) >= 11 is 1.49. The lowest BCUT2D eigenvalue weighted by Crippen LogP contribution is -2.01. The van der Waals surface area contributed by atoms with Crippen LogP contribution < -0.4 is 0 Å². The van der Waals surface area contributed by atoms with Crippen molar-refractivity contribution >= 4 is 11.3 Å². The lowest BCUT2D eigenvalue weighted by atomic mass is 10.2. The molecule has 15 heavy (non-hydrogen) atoms. The van der Waals surface area contributed by atoms with Gasteiger partial charge in [0.25, 0.3) is 0 Å². The van der Waals surface area contributed by atoms with E-state index in [0.717, 1.165) is 5.69 Å². The molecule has 2 aromatic rings. The summed E-state index contributed by atoms with van der Waals surface area (Å²) in [6, 6.07) is 0. The van der Waals surface area contributed by atoms with Crippen molar-refractivity contribution in [3.63, 3.8) is 0 Å². The van der Waals surface area contributed by atoms with Gasteiger partial charge in [0.15, 0.2) is 0 Å². The summed E-state index contributed by atoms with van der Waals surface area (Å²) in [6.07, 6.45) is 0.868. The molecule has 0 saturated heterocycles. The van der Waals surface area contributed by atoms with Crippen molar-refractivity contribution in [3.05, 3.63) is 16.8 Å². The van der Waals surface area contributed by atoms with Crippen molar-refractivity contribution < 1.29 is 9.63 Å². The number of aryl methyl sites for hydroxylation is 1. The second-order valence-corrected chi connectivity index (χ2v) is 3.99. The van der Waals surface area contributed by atoms with Crippen LogP contribution in [0.2, 0.25) is 0 Å². The molecule has 1 N–H and O–H groups in total. The quantitative estimate of drug-likeness (QED) is 0.853. The summed E-state index contributed by atoms with van der Waals surface area (Å²) < 4.78 is 5.03. The van der Waals surface area contributed by atoms with Crippen molar-refractivity contribution in [2.45, 2.75) is 25.9 Å². The third-order valence-corrected chi connectivity index (χ3v) is 2.49. The topological polar surface area (TPSA) is 72.0 Å². The Labute approximate surface area is 90.8 Å². The van der Waals surface area contributed by atoms with Crippen LogP contribution in [0, 0.1) is 0 Å². The van der Waals surface area contributed by atoms with E-state index < -0.39 is 0 Å². The lowest BCUT2D eigenvalue weighted by molar-refractivity contribution is 0.180. The molecule has 0 aliphatic rings. The zero-order valence-electron chi connectivity index (χ0n) is 8.25. The number of hydrogen-bond donors (Lipinski definition) is 1. The molecule has 1 unspecified atom stereocenters. The minimum atomic E-state index is -0.348. The number of hydrogen-bond acceptors (Lipinski definition) is 6. The zero-order chi connectivity index (χ0) is 10.7. The van der Waals surface area contributed by atoms with Gasteiger partial charge in [-0.25, -0.2) is 4.98 Å². The van der Waals surface area contributed by atoms with Crippen LogP contribution in [0.25, 0.3) is 11.5 Å². The maximum absolute atomic E-state index is 9.10. The van der Waals surface area contributed by atoms with Gasteiger partial charge in [-0.15, -0.1) is 11.3 Å². The van der Waals surface area contributed by atoms with E-state index in [0.29, 0.717) is 24.6 Å². The van der Waals surface area contributed by atoms with Gasteiger partial charge in [-0.05, 0) is 13.3 Å². The van der Waals surface area contributed by atoms with Gasteiger partial charge in [-0.1, -0.05) is 5.16 Å². The Hall–Kier alpha value is -1.27. The first-order valence-corrected chi connectivity index (χ1v) is 5.59. The van der Waals surface area contributed by atoms with Crippen LogP contribution in [0.3, 0.4) is 0 Å². The van der Waals surface area contributed by atoms with E-state index in [1.807, 2.05) is 5.38 Å². The fraction of sp³-hybridized carbons (Fsp3) is 0.444. The molecule has 0 aliphatic heterocycles. The minimum absolute atomic E-state index is 0.348. The SMILES string of the molecule is CC(O)CCc1nc(-c2cscn2)no1. The van der Waals surface area contributed by atoms with Crippen molar-refractivity contribution in [2.24, 2.45) is 0 Å². The molecular weight excluding hydrogens is 214 g/mol. The molecule has 5 nitrogen and oxygen atoms in total. The molecule has 1 atom stereocenters. The van der Waals surface area contributed by atoms with Crippen molar-refractivity contribution in [2.75, 3.05) is 0 Å². The second-order valence-electron chi connectivity index (χ2n) is 3.27. The highest BCUT2D eigenvalue weighted by Gasteiger charge is 2.10. The van der Waals surface area contributed by atoms with Crippen LogP contribution in [0.1, 0.15) is 19.2 Å². The van der Waals surface area contributed by atoms with E-state index in [-0.39, 0.29) is 6.10 Å². The molecule has 2 rings (SSSR count). The van der Waals surface area contributed by atoms with E-state index in [1.54, 1.807) is 12.4 Å². The Morgan fingerprint density at radius 3 is 3.13 bits per heavy atom. The van der Waals surface area contributed by atoms with Crippen LogP contribution in [0.4, 0.5) is 0 Å². The smallest absolute Gasteiger partial charge is 0.227 e. The number of aromatic nitrogens is 3. The molecule has 0 fully saturated rings. The van der Waals surface area contributed by atoms with Gasteiger partial charge < -0.3 is 9.63 Å². The summed E-state index contributed by atoms with van der Waals surface area (Å²) in [5, 5.41) is 14.8. The van der Waals surface area contributed by atoms with Gasteiger partial charge in [-0.2, -0.15) is 4.98 Å². The van der Waals surface area contributed by atoms with E-state index in [2.05, 4.69) is 15.1 Å². The number of aliphatic hydroxyl groups excluding tert-OH is 1. The third-order valence-electron chi connectivity index (χ3n) is 1.91. The summed E-state index contributed by atoms with van der Waals surface area (Å²) in [7, 11) is 0.